The van der Waals surface area contributed by atoms with Crippen LogP contribution in [0.1, 0.15) is 0 Å². The first kappa shape index (κ1) is 12.4. The van der Waals surface area contributed by atoms with Gasteiger partial charge in [-0.05, 0) is 12.1 Å². The Morgan fingerprint density at radius 2 is 1.95 bits per heavy atom. The third-order valence-corrected chi connectivity index (χ3v) is 3.66. The van der Waals surface area contributed by atoms with E-state index in [4.69, 9.17) is 4.74 Å². The van der Waals surface area contributed by atoms with Crippen LogP contribution in [-0.4, -0.2) is 56.7 Å². The van der Waals surface area contributed by atoms with Gasteiger partial charge in [0, 0.05) is 39.3 Å². The monoisotopic (exact) mass is 261 g/mol. The zero-order valence-corrected chi connectivity index (χ0v) is 11.0. The van der Waals surface area contributed by atoms with Crippen molar-refractivity contribution in [3.05, 3.63) is 24.3 Å². The lowest BCUT2D eigenvalue weighted by molar-refractivity contribution is -0.121. The van der Waals surface area contributed by atoms with Crippen LogP contribution in [0.25, 0.3) is 0 Å². The molecule has 3 rings (SSSR count). The number of para-hydroxylation sites is 2. The fourth-order valence-electron chi connectivity index (χ4n) is 2.58. The van der Waals surface area contributed by atoms with Crippen LogP contribution in [0.2, 0.25) is 0 Å². The van der Waals surface area contributed by atoms with Crippen molar-refractivity contribution in [2.24, 2.45) is 0 Å². The molecule has 0 atom stereocenters. The van der Waals surface area contributed by atoms with E-state index in [1.165, 1.54) is 0 Å². The number of hydrogen-bond acceptors (Lipinski definition) is 4. The van der Waals surface area contributed by atoms with Gasteiger partial charge in [0.25, 0.3) is 5.91 Å². The summed E-state index contributed by atoms with van der Waals surface area (Å²) in [6, 6.07) is 7.74. The summed E-state index contributed by atoms with van der Waals surface area (Å²) in [4.78, 5) is 16.2. The maximum Gasteiger partial charge on any atom is 0.265 e. The molecular formula is C14H19N3O2. The number of nitrogens with one attached hydrogen (secondary N) is 1. The Balaban J connectivity index is 1.67. The molecule has 2 heterocycles. The van der Waals surface area contributed by atoms with Crippen molar-refractivity contribution in [3.8, 4) is 5.75 Å². The van der Waals surface area contributed by atoms with E-state index in [2.05, 4.69) is 10.2 Å². The van der Waals surface area contributed by atoms with Gasteiger partial charge in [-0.3, -0.25) is 9.69 Å². The SMILES string of the molecule is O=C1COc2ccccc2N1CCN1CCNCC1. The number of piperazine rings is 1. The van der Waals surface area contributed by atoms with Crippen molar-refractivity contribution in [1.82, 2.24) is 10.2 Å². The molecule has 0 bridgehead atoms. The average molecular weight is 261 g/mol. The van der Waals surface area contributed by atoms with Crippen molar-refractivity contribution in [2.45, 2.75) is 0 Å². The fraction of sp³-hybridized carbons (Fsp3) is 0.500. The number of hydrogen-bond donors (Lipinski definition) is 1. The number of anilines is 1. The lowest BCUT2D eigenvalue weighted by Gasteiger charge is -2.33. The average Bonchev–Trinajstić information content (AvgIpc) is 2.47. The van der Waals surface area contributed by atoms with Gasteiger partial charge >= 0.3 is 0 Å². The van der Waals surface area contributed by atoms with Crippen molar-refractivity contribution in [1.29, 1.82) is 0 Å². The molecule has 1 aromatic carbocycles. The molecule has 19 heavy (non-hydrogen) atoms. The van der Waals surface area contributed by atoms with Crippen LogP contribution in [0.4, 0.5) is 5.69 Å². The number of benzene rings is 1. The smallest absolute Gasteiger partial charge is 0.265 e. The second kappa shape index (κ2) is 5.59. The van der Waals surface area contributed by atoms with E-state index in [9.17, 15) is 4.79 Å². The molecule has 1 aromatic rings. The van der Waals surface area contributed by atoms with Gasteiger partial charge in [0.15, 0.2) is 6.61 Å². The molecule has 0 saturated carbocycles. The Morgan fingerprint density at radius 3 is 2.79 bits per heavy atom. The molecule has 1 fully saturated rings. The molecule has 1 amide bonds. The topological polar surface area (TPSA) is 44.8 Å². The van der Waals surface area contributed by atoms with E-state index in [1.54, 1.807) is 0 Å². The van der Waals surface area contributed by atoms with E-state index in [1.807, 2.05) is 29.2 Å². The molecule has 1 saturated heterocycles. The molecule has 102 valence electrons. The van der Waals surface area contributed by atoms with Gasteiger partial charge < -0.3 is 15.0 Å². The highest BCUT2D eigenvalue weighted by atomic mass is 16.5. The van der Waals surface area contributed by atoms with E-state index in [-0.39, 0.29) is 12.5 Å². The van der Waals surface area contributed by atoms with Crippen LogP contribution in [0.15, 0.2) is 24.3 Å². The van der Waals surface area contributed by atoms with Crippen molar-refractivity contribution in [3.63, 3.8) is 0 Å². The lowest BCUT2D eigenvalue weighted by atomic mass is 10.2. The first-order chi connectivity index (χ1) is 9.34. The summed E-state index contributed by atoms with van der Waals surface area (Å²) in [7, 11) is 0. The summed E-state index contributed by atoms with van der Waals surface area (Å²) >= 11 is 0. The zero-order chi connectivity index (χ0) is 13.1. The third-order valence-electron chi connectivity index (χ3n) is 3.66. The summed E-state index contributed by atoms with van der Waals surface area (Å²) in [5, 5.41) is 3.33. The normalized spacial score (nSPS) is 20.0. The standard InChI is InChI=1S/C14H19N3O2/c18-14-11-19-13-4-2-1-3-12(13)17(14)10-9-16-7-5-15-6-8-16/h1-4,15H,5-11H2. The van der Waals surface area contributed by atoms with Gasteiger partial charge in [0.2, 0.25) is 0 Å². The number of carbonyl (C=O) groups is 1. The summed E-state index contributed by atoms with van der Waals surface area (Å²) in [5.41, 5.74) is 0.897. The predicted molar refractivity (Wildman–Crippen MR) is 73.6 cm³/mol. The van der Waals surface area contributed by atoms with Crippen LogP contribution < -0.4 is 15.0 Å². The minimum absolute atomic E-state index is 0.0498. The molecule has 0 unspecified atom stereocenters. The molecule has 2 aliphatic heterocycles. The Kier molecular flexibility index (Phi) is 3.66. The Hall–Kier alpha value is -1.59. The molecule has 0 aromatic heterocycles. The fourth-order valence-corrected chi connectivity index (χ4v) is 2.58. The van der Waals surface area contributed by atoms with Gasteiger partial charge in [-0.1, -0.05) is 12.1 Å². The van der Waals surface area contributed by atoms with Crippen LogP contribution in [0, 0.1) is 0 Å². The summed E-state index contributed by atoms with van der Waals surface area (Å²) in [6.45, 7) is 5.99. The molecule has 1 N–H and O–H groups in total. The highest BCUT2D eigenvalue weighted by Crippen LogP contribution is 2.31. The largest absolute Gasteiger partial charge is 0.482 e. The zero-order valence-electron chi connectivity index (χ0n) is 11.0. The van der Waals surface area contributed by atoms with Crippen molar-refractivity contribution in [2.75, 3.05) is 50.8 Å². The summed E-state index contributed by atoms with van der Waals surface area (Å²) in [5.74, 6) is 0.858. The first-order valence-electron chi connectivity index (χ1n) is 6.80. The quantitative estimate of drug-likeness (QED) is 0.851. The number of fused-ring (bicyclic) bond motifs is 1. The highest BCUT2D eigenvalue weighted by Gasteiger charge is 2.25. The maximum atomic E-state index is 12.0. The van der Waals surface area contributed by atoms with E-state index in [0.29, 0.717) is 0 Å². The first-order valence-corrected chi connectivity index (χ1v) is 6.80. The van der Waals surface area contributed by atoms with Gasteiger partial charge in [0.05, 0.1) is 5.69 Å². The lowest BCUT2D eigenvalue weighted by Crippen LogP contribution is -2.48. The number of nitrogens with zero attached hydrogens (tertiary/aromatic N) is 2. The van der Waals surface area contributed by atoms with Crippen LogP contribution in [-0.2, 0) is 4.79 Å². The Bertz CT molecular complexity index is 458. The number of carbonyl (C=O) groups excluding carboxylic acids is 1. The molecule has 5 heteroatoms. The van der Waals surface area contributed by atoms with Crippen LogP contribution in [0.5, 0.6) is 5.75 Å². The number of rotatable bonds is 3. The third kappa shape index (κ3) is 2.72. The van der Waals surface area contributed by atoms with Crippen LogP contribution >= 0.6 is 0 Å². The second-order valence-electron chi connectivity index (χ2n) is 4.89. The Labute approximate surface area is 113 Å². The molecule has 2 aliphatic rings. The summed E-state index contributed by atoms with van der Waals surface area (Å²) < 4.78 is 5.44. The molecule has 0 radical (unpaired) electrons. The second-order valence-corrected chi connectivity index (χ2v) is 4.89. The van der Waals surface area contributed by atoms with Crippen molar-refractivity contribution >= 4 is 11.6 Å². The maximum absolute atomic E-state index is 12.0. The summed E-state index contributed by atoms with van der Waals surface area (Å²) in [6.07, 6.45) is 0. The van der Waals surface area contributed by atoms with Gasteiger partial charge in [-0.15, -0.1) is 0 Å². The van der Waals surface area contributed by atoms with Crippen molar-refractivity contribution < 1.29 is 9.53 Å². The number of amides is 1. The minimum Gasteiger partial charge on any atom is -0.482 e. The van der Waals surface area contributed by atoms with Gasteiger partial charge in [-0.2, -0.15) is 0 Å². The van der Waals surface area contributed by atoms with E-state index >= 15 is 0 Å². The van der Waals surface area contributed by atoms with Gasteiger partial charge in [-0.25, -0.2) is 0 Å². The van der Waals surface area contributed by atoms with E-state index in [0.717, 1.165) is 50.7 Å². The molecule has 0 aliphatic carbocycles. The predicted octanol–water partition coefficient (Wildman–Crippen LogP) is 0.317. The van der Waals surface area contributed by atoms with E-state index < -0.39 is 0 Å². The van der Waals surface area contributed by atoms with Gasteiger partial charge in [0.1, 0.15) is 5.75 Å². The molecule has 0 spiro atoms. The molecule has 5 nitrogen and oxygen atoms in total. The number of ether oxygens (including phenoxy) is 1. The Morgan fingerprint density at radius 1 is 1.16 bits per heavy atom. The minimum atomic E-state index is 0.0498. The molecular weight excluding hydrogens is 242 g/mol. The highest BCUT2D eigenvalue weighted by molar-refractivity contribution is 5.97. The van der Waals surface area contributed by atoms with Crippen LogP contribution in [0.3, 0.4) is 0 Å².